The number of benzene rings is 2. The Balaban J connectivity index is 1.49. The van der Waals surface area contributed by atoms with E-state index in [9.17, 15) is 4.79 Å². The smallest absolute Gasteiger partial charge is 0.410 e. The van der Waals surface area contributed by atoms with Crippen molar-refractivity contribution in [3.05, 3.63) is 72.1 Å². The maximum absolute atomic E-state index is 12.5. The normalized spacial score (nSPS) is 15.6. The second-order valence-electron chi connectivity index (χ2n) is 10.8. The van der Waals surface area contributed by atoms with E-state index < -0.39 is 5.60 Å². The fourth-order valence-corrected chi connectivity index (χ4v) is 4.56. The molecule has 9 heteroatoms. The number of ether oxygens (including phenoxy) is 3. The molecule has 1 saturated heterocycles. The van der Waals surface area contributed by atoms with Crippen LogP contribution >= 0.6 is 0 Å². The molecular formula is C30H39N5O4. The van der Waals surface area contributed by atoms with Gasteiger partial charge in [0.25, 0.3) is 0 Å². The minimum absolute atomic E-state index is 0.107. The van der Waals surface area contributed by atoms with Crippen LogP contribution < -0.4 is 19.3 Å². The summed E-state index contributed by atoms with van der Waals surface area (Å²) in [6, 6.07) is 16.2. The number of anilines is 2. The van der Waals surface area contributed by atoms with Crippen molar-refractivity contribution in [1.29, 1.82) is 0 Å². The van der Waals surface area contributed by atoms with Crippen molar-refractivity contribution in [2.45, 2.75) is 52.4 Å². The zero-order chi connectivity index (χ0) is 28.0. The largest absolute Gasteiger partial charge is 0.497 e. The van der Waals surface area contributed by atoms with Crippen LogP contribution in [-0.2, 0) is 17.8 Å². The van der Waals surface area contributed by atoms with Crippen LogP contribution in [-0.4, -0.2) is 66.5 Å². The van der Waals surface area contributed by atoms with E-state index >= 15 is 0 Å². The lowest BCUT2D eigenvalue weighted by Gasteiger charge is -2.41. The van der Waals surface area contributed by atoms with E-state index in [0.717, 1.165) is 28.3 Å². The molecule has 0 bridgehead atoms. The van der Waals surface area contributed by atoms with E-state index in [0.29, 0.717) is 38.7 Å². The summed E-state index contributed by atoms with van der Waals surface area (Å²) in [5, 5.41) is 0. The van der Waals surface area contributed by atoms with Gasteiger partial charge in [-0.1, -0.05) is 24.3 Å². The van der Waals surface area contributed by atoms with Crippen molar-refractivity contribution in [1.82, 2.24) is 14.9 Å². The Morgan fingerprint density at radius 3 is 1.85 bits per heavy atom. The van der Waals surface area contributed by atoms with Gasteiger partial charge in [0, 0.05) is 38.8 Å². The van der Waals surface area contributed by atoms with E-state index in [1.54, 1.807) is 19.1 Å². The van der Waals surface area contributed by atoms with Crippen LogP contribution in [0.1, 0.15) is 38.8 Å². The van der Waals surface area contributed by atoms with Gasteiger partial charge < -0.3 is 28.9 Å². The Hall–Kier alpha value is -4.01. The van der Waals surface area contributed by atoms with E-state index in [-0.39, 0.29) is 12.1 Å². The fraction of sp³-hybridized carbons (Fsp3) is 0.433. The molecule has 39 heavy (non-hydrogen) atoms. The van der Waals surface area contributed by atoms with Gasteiger partial charge in [0.1, 0.15) is 17.1 Å². The Labute approximate surface area is 231 Å². The number of methoxy groups -OCH3 is 2. The molecule has 0 aliphatic carbocycles. The SMILES string of the molecule is COc1ccc(CN(Cc2ccc(OC)cc2)c2ncc(N3CCN(C(=O)OC(C)(C)C)C[C@@H]3C)cn2)cc1. The second-order valence-corrected chi connectivity index (χ2v) is 10.8. The number of hydrogen-bond acceptors (Lipinski definition) is 8. The van der Waals surface area contributed by atoms with Crippen LogP contribution in [0.5, 0.6) is 11.5 Å². The highest BCUT2D eigenvalue weighted by Gasteiger charge is 2.30. The van der Waals surface area contributed by atoms with E-state index in [1.807, 2.05) is 57.4 Å². The molecule has 1 aliphatic heterocycles. The molecule has 0 saturated carbocycles. The zero-order valence-corrected chi connectivity index (χ0v) is 23.8. The first-order chi connectivity index (χ1) is 18.6. The molecule has 0 radical (unpaired) electrons. The predicted molar refractivity (Wildman–Crippen MR) is 153 cm³/mol. The second kappa shape index (κ2) is 12.2. The van der Waals surface area contributed by atoms with Crippen molar-refractivity contribution in [3.8, 4) is 11.5 Å². The molecule has 1 aromatic heterocycles. The molecule has 1 aliphatic rings. The standard InChI is InChI=1S/C30H39N5O4/c1-22-19-33(29(36)39-30(2,3)4)15-16-35(22)25-17-31-28(32-18-25)34(20-23-7-11-26(37-5)12-8-23)21-24-9-13-27(38-6)14-10-24/h7-14,17-18,22H,15-16,19-21H2,1-6H3/t22-/m0/s1. The lowest BCUT2D eigenvalue weighted by molar-refractivity contribution is 0.0218. The molecule has 2 heterocycles. The molecular weight excluding hydrogens is 494 g/mol. The van der Waals surface area contributed by atoms with Crippen LogP contribution in [0, 0.1) is 0 Å². The predicted octanol–water partition coefficient (Wildman–Crippen LogP) is 5.15. The van der Waals surface area contributed by atoms with Gasteiger partial charge in [0.2, 0.25) is 5.95 Å². The van der Waals surface area contributed by atoms with Crippen molar-refractivity contribution in [3.63, 3.8) is 0 Å². The Morgan fingerprint density at radius 1 is 0.897 bits per heavy atom. The average molecular weight is 534 g/mol. The van der Waals surface area contributed by atoms with E-state index in [2.05, 4.69) is 41.0 Å². The zero-order valence-electron chi connectivity index (χ0n) is 23.8. The van der Waals surface area contributed by atoms with Crippen molar-refractivity contribution < 1.29 is 19.0 Å². The minimum Gasteiger partial charge on any atom is -0.497 e. The Bertz CT molecular complexity index is 1160. The summed E-state index contributed by atoms with van der Waals surface area (Å²) in [5.41, 5.74) is 2.68. The van der Waals surface area contributed by atoms with Gasteiger partial charge in [-0.2, -0.15) is 0 Å². The van der Waals surface area contributed by atoms with Crippen LogP contribution in [0.2, 0.25) is 0 Å². The highest BCUT2D eigenvalue weighted by atomic mass is 16.6. The number of piperazine rings is 1. The van der Waals surface area contributed by atoms with Gasteiger partial charge in [-0.25, -0.2) is 14.8 Å². The Morgan fingerprint density at radius 2 is 1.41 bits per heavy atom. The third-order valence-electron chi connectivity index (χ3n) is 6.58. The van der Waals surface area contributed by atoms with Gasteiger partial charge in [-0.05, 0) is 63.1 Å². The first kappa shape index (κ1) is 28.0. The average Bonchev–Trinajstić information content (AvgIpc) is 2.92. The molecule has 2 aromatic carbocycles. The quantitative estimate of drug-likeness (QED) is 0.394. The van der Waals surface area contributed by atoms with Crippen LogP contribution in [0.15, 0.2) is 60.9 Å². The summed E-state index contributed by atoms with van der Waals surface area (Å²) >= 11 is 0. The molecule has 9 nitrogen and oxygen atoms in total. The molecule has 4 rings (SSSR count). The number of carbonyl (C=O) groups is 1. The number of aromatic nitrogens is 2. The molecule has 0 N–H and O–H groups in total. The molecule has 0 unspecified atom stereocenters. The Kier molecular flexibility index (Phi) is 8.79. The van der Waals surface area contributed by atoms with Gasteiger partial charge in [0.15, 0.2) is 0 Å². The summed E-state index contributed by atoms with van der Waals surface area (Å²) in [6.45, 7) is 10.9. The first-order valence-corrected chi connectivity index (χ1v) is 13.2. The van der Waals surface area contributed by atoms with Gasteiger partial charge in [-0.3, -0.25) is 0 Å². The third-order valence-corrected chi connectivity index (χ3v) is 6.58. The first-order valence-electron chi connectivity index (χ1n) is 13.2. The van der Waals surface area contributed by atoms with Crippen LogP contribution in [0.25, 0.3) is 0 Å². The molecule has 0 spiro atoms. The van der Waals surface area contributed by atoms with E-state index in [1.165, 1.54) is 0 Å². The summed E-state index contributed by atoms with van der Waals surface area (Å²) < 4.78 is 16.2. The maximum atomic E-state index is 12.5. The van der Waals surface area contributed by atoms with Gasteiger partial charge in [-0.15, -0.1) is 0 Å². The highest BCUT2D eigenvalue weighted by Crippen LogP contribution is 2.24. The highest BCUT2D eigenvalue weighted by molar-refractivity contribution is 5.68. The van der Waals surface area contributed by atoms with Gasteiger partial charge >= 0.3 is 6.09 Å². The topological polar surface area (TPSA) is 80.3 Å². The third kappa shape index (κ3) is 7.52. The van der Waals surface area contributed by atoms with Crippen LogP contribution in [0.3, 0.4) is 0 Å². The fourth-order valence-electron chi connectivity index (χ4n) is 4.56. The maximum Gasteiger partial charge on any atom is 0.410 e. The lowest BCUT2D eigenvalue weighted by atomic mass is 10.1. The summed E-state index contributed by atoms with van der Waals surface area (Å²) in [5.74, 6) is 2.29. The van der Waals surface area contributed by atoms with Crippen molar-refractivity contribution >= 4 is 17.7 Å². The number of rotatable bonds is 8. The van der Waals surface area contributed by atoms with Crippen molar-refractivity contribution in [2.24, 2.45) is 0 Å². The number of amides is 1. The van der Waals surface area contributed by atoms with E-state index in [4.69, 9.17) is 24.2 Å². The lowest BCUT2D eigenvalue weighted by Crippen LogP contribution is -2.54. The molecule has 1 atom stereocenters. The van der Waals surface area contributed by atoms with Crippen molar-refractivity contribution in [2.75, 3.05) is 43.7 Å². The number of carbonyl (C=O) groups excluding carboxylic acids is 1. The number of nitrogens with zero attached hydrogens (tertiary/aromatic N) is 5. The minimum atomic E-state index is -0.509. The number of hydrogen-bond donors (Lipinski definition) is 0. The monoisotopic (exact) mass is 533 g/mol. The molecule has 1 fully saturated rings. The summed E-state index contributed by atoms with van der Waals surface area (Å²) in [6.07, 6.45) is 3.47. The van der Waals surface area contributed by atoms with Gasteiger partial charge in [0.05, 0.1) is 32.3 Å². The molecule has 208 valence electrons. The van der Waals surface area contributed by atoms with Crippen LogP contribution in [0.4, 0.5) is 16.4 Å². The molecule has 1 amide bonds. The summed E-state index contributed by atoms with van der Waals surface area (Å²) in [4.78, 5) is 28.2. The molecule has 3 aromatic rings. The summed E-state index contributed by atoms with van der Waals surface area (Å²) in [7, 11) is 3.33.